The second kappa shape index (κ2) is 4.58. The molecule has 0 unspecified atom stereocenters. The van der Waals surface area contributed by atoms with Crippen LogP contribution in [0.25, 0.3) is 21.9 Å². The van der Waals surface area contributed by atoms with E-state index in [4.69, 9.17) is 0 Å². The summed E-state index contributed by atoms with van der Waals surface area (Å²) in [6, 6.07) is 21.0. The van der Waals surface area contributed by atoms with Crippen LogP contribution < -0.4 is 0 Å². The lowest BCUT2D eigenvalue weighted by atomic mass is 9.95. The molecule has 3 rings (SSSR count). The molecule has 3 aromatic rings. The van der Waals surface area contributed by atoms with Crippen molar-refractivity contribution in [1.82, 2.24) is 0 Å². The van der Waals surface area contributed by atoms with Crippen molar-refractivity contribution in [2.24, 2.45) is 0 Å². The van der Waals surface area contributed by atoms with Gasteiger partial charge in [0.15, 0.2) is 0 Å². The van der Waals surface area contributed by atoms with E-state index in [1.807, 2.05) is 54.6 Å². The van der Waals surface area contributed by atoms with Gasteiger partial charge in [-0.25, -0.2) is 4.79 Å². The van der Waals surface area contributed by atoms with Gasteiger partial charge in [-0.15, -0.1) is 0 Å². The molecule has 0 heterocycles. The first-order valence-corrected chi connectivity index (χ1v) is 6.08. The Bertz CT molecular complexity index is 755. The molecule has 19 heavy (non-hydrogen) atoms. The van der Waals surface area contributed by atoms with E-state index in [1.54, 1.807) is 12.1 Å². The zero-order valence-electron chi connectivity index (χ0n) is 10.2. The maximum Gasteiger partial charge on any atom is 0.336 e. The molecule has 3 aromatic carbocycles. The van der Waals surface area contributed by atoms with Crippen LogP contribution in [0.5, 0.6) is 0 Å². The van der Waals surface area contributed by atoms with Crippen LogP contribution in [0.1, 0.15) is 10.4 Å². The average Bonchev–Trinajstić information content (AvgIpc) is 2.46. The summed E-state index contributed by atoms with van der Waals surface area (Å²) >= 11 is 0. The number of fused-ring (bicyclic) bond motifs is 1. The van der Waals surface area contributed by atoms with E-state index < -0.39 is 5.97 Å². The Morgan fingerprint density at radius 3 is 2.21 bits per heavy atom. The summed E-state index contributed by atoms with van der Waals surface area (Å²) in [6.07, 6.45) is 0. The van der Waals surface area contributed by atoms with Crippen molar-refractivity contribution in [2.45, 2.75) is 0 Å². The van der Waals surface area contributed by atoms with Gasteiger partial charge in [0.05, 0.1) is 5.56 Å². The van der Waals surface area contributed by atoms with Crippen molar-refractivity contribution in [3.05, 3.63) is 72.3 Å². The van der Waals surface area contributed by atoms with Gasteiger partial charge in [-0.1, -0.05) is 60.7 Å². The normalized spacial score (nSPS) is 10.5. The molecule has 0 saturated carbocycles. The summed E-state index contributed by atoms with van der Waals surface area (Å²) in [7, 11) is 0. The van der Waals surface area contributed by atoms with E-state index in [2.05, 4.69) is 0 Å². The Kier molecular flexibility index (Phi) is 2.76. The SMILES string of the molecule is O=C(O)c1ccccc1-c1cccc2ccccc12. The van der Waals surface area contributed by atoms with Crippen molar-refractivity contribution in [3.63, 3.8) is 0 Å². The summed E-state index contributed by atoms with van der Waals surface area (Å²) in [5.41, 5.74) is 2.04. The third kappa shape index (κ3) is 1.97. The van der Waals surface area contributed by atoms with Gasteiger partial charge in [-0.05, 0) is 28.0 Å². The first-order valence-electron chi connectivity index (χ1n) is 6.08. The zero-order valence-corrected chi connectivity index (χ0v) is 10.2. The van der Waals surface area contributed by atoms with E-state index in [1.165, 1.54) is 0 Å². The highest BCUT2D eigenvalue weighted by molar-refractivity contribution is 6.03. The Morgan fingerprint density at radius 2 is 1.37 bits per heavy atom. The summed E-state index contributed by atoms with van der Waals surface area (Å²) < 4.78 is 0. The molecule has 0 radical (unpaired) electrons. The maximum atomic E-state index is 11.3. The van der Waals surface area contributed by atoms with Crippen molar-refractivity contribution in [3.8, 4) is 11.1 Å². The second-order valence-corrected chi connectivity index (χ2v) is 4.38. The molecule has 92 valence electrons. The predicted octanol–water partition coefficient (Wildman–Crippen LogP) is 4.21. The van der Waals surface area contributed by atoms with Gasteiger partial charge in [0, 0.05) is 0 Å². The number of carboxylic acids is 1. The van der Waals surface area contributed by atoms with Crippen LogP contribution >= 0.6 is 0 Å². The first-order chi connectivity index (χ1) is 9.27. The predicted molar refractivity (Wildman–Crippen MR) is 76.3 cm³/mol. The fourth-order valence-corrected chi connectivity index (χ4v) is 2.36. The Labute approximate surface area is 110 Å². The number of carbonyl (C=O) groups is 1. The zero-order chi connectivity index (χ0) is 13.2. The third-order valence-corrected chi connectivity index (χ3v) is 3.24. The van der Waals surface area contributed by atoms with E-state index in [0.29, 0.717) is 5.56 Å². The van der Waals surface area contributed by atoms with Crippen molar-refractivity contribution in [2.75, 3.05) is 0 Å². The van der Waals surface area contributed by atoms with E-state index in [9.17, 15) is 9.90 Å². The fraction of sp³-hybridized carbons (Fsp3) is 0. The number of hydrogen-bond donors (Lipinski definition) is 1. The summed E-state index contributed by atoms with van der Waals surface area (Å²) in [4.78, 5) is 11.3. The number of hydrogen-bond acceptors (Lipinski definition) is 1. The molecule has 1 N–H and O–H groups in total. The molecule has 0 aromatic heterocycles. The van der Waals surface area contributed by atoms with Gasteiger partial charge in [0.25, 0.3) is 0 Å². The topological polar surface area (TPSA) is 37.3 Å². The smallest absolute Gasteiger partial charge is 0.336 e. The standard InChI is InChI=1S/C17H12O2/c18-17(19)16-10-4-3-9-15(16)14-11-5-7-12-6-1-2-8-13(12)14/h1-11H,(H,18,19). The molecule has 0 aliphatic rings. The minimum Gasteiger partial charge on any atom is -0.478 e. The van der Waals surface area contributed by atoms with Gasteiger partial charge >= 0.3 is 5.97 Å². The Hall–Kier alpha value is -2.61. The van der Waals surface area contributed by atoms with Crippen LogP contribution in [0.4, 0.5) is 0 Å². The molecule has 0 bridgehead atoms. The van der Waals surface area contributed by atoms with Gasteiger partial charge in [0.2, 0.25) is 0 Å². The second-order valence-electron chi connectivity index (χ2n) is 4.38. The van der Waals surface area contributed by atoms with Gasteiger partial charge in [0.1, 0.15) is 0 Å². The largest absolute Gasteiger partial charge is 0.478 e. The maximum absolute atomic E-state index is 11.3. The lowest BCUT2D eigenvalue weighted by molar-refractivity contribution is 0.0698. The lowest BCUT2D eigenvalue weighted by Crippen LogP contribution is -1.99. The van der Waals surface area contributed by atoms with E-state index >= 15 is 0 Å². The molecular formula is C17H12O2. The summed E-state index contributed by atoms with van der Waals surface area (Å²) in [5, 5.41) is 11.5. The van der Waals surface area contributed by atoms with Gasteiger partial charge in [-0.3, -0.25) is 0 Å². The highest BCUT2D eigenvalue weighted by Gasteiger charge is 2.12. The third-order valence-electron chi connectivity index (χ3n) is 3.24. The molecule has 0 fully saturated rings. The fourth-order valence-electron chi connectivity index (χ4n) is 2.36. The number of carboxylic acid groups (broad SMARTS) is 1. The van der Waals surface area contributed by atoms with Gasteiger partial charge < -0.3 is 5.11 Å². The summed E-state index contributed by atoms with van der Waals surface area (Å²) in [6.45, 7) is 0. The number of aromatic carboxylic acids is 1. The van der Waals surface area contributed by atoms with Crippen LogP contribution in [0.3, 0.4) is 0 Å². The van der Waals surface area contributed by atoms with Crippen LogP contribution in [0.2, 0.25) is 0 Å². The van der Waals surface area contributed by atoms with E-state index in [0.717, 1.165) is 21.9 Å². The molecule has 0 saturated heterocycles. The molecule has 2 nitrogen and oxygen atoms in total. The molecular weight excluding hydrogens is 236 g/mol. The summed E-state index contributed by atoms with van der Waals surface area (Å²) in [5.74, 6) is -0.900. The van der Waals surface area contributed by atoms with Crippen molar-refractivity contribution >= 4 is 16.7 Å². The van der Waals surface area contributed by atoms with Crippen molar-refractivity contribution in [1.29, 1.82) is 0 Å². The average molecular weight is 248 g/mol. The van der Waals surface area contributed by atoms with Crippen molar-refractivity contribution < 1.29 is 9.90 Å². The van der Waals surface area contributed by atoms with Gasteiger partial charge in [-0.2, -0.15) is 0 Å². The molecule has 0 amide bonds. The minimum absolute atomic E-state index is 0.332. The van der Waals surface area contributed by atoms with Crippen LogP contribution in [-0.4, -0.2) is 11.1 Å². The molecule has 2 heteroatoms. The van der Waals surface area contributed by atoms with E-state index in [-0.39, 0.29) is 0 Å². The quantitative estimate of drug-likeness (QED) is 0.737. The molecule has 0 aliphatic heterocycles. The number of benzene rings is 3. The van der Waals surface area contributed by atoms with Crippen LogP contribution in [0, 0.1) is 0 Å². The minimum atomic E-state index is -0.900. The van der Waals surface area contributed by atoms with Crippen LogP contribution in [0.15, 0.2) is 66.7 Å². The lowest BCUT2D eigenvalue weighted by Gasteiger charge is -2.09. The Morgan fingerprint density at radius 1 is 0.737 bits per heavy atom. The highest BCUT2D eigenvalue weighted by atomic mass is 16.4. The number of rotatable bonds is 2. The first kappa shape index (κ1) is 11.5. The monoisotopic (exact) mass is 248 g/mol. The molecule has 0 atom stereocenters. The molecule has 0 spiro atoms. The highest BCUT2D eigenvalue weighted by Crippen LogP contribution is 2.30. The van der Waals surface area contributed by atoms with Crippen LogP contribution in [-0.2, 0) is 0 Å². The molecule has 0 aliphatic carbocycles. The Balaban J connectivity index is 2.34.